The van der Waals surface area contributed by atoms with E-state index in [1.807, 2.05) is 0 Å². The van der Waals surface area contributed by atoms with Crippen molar-refractivity contribution in [1.29, 1.82) is 0 Å². The van der Waals surface area contributed by atoms with Crippen LogP contribution in [0.5, 0.6) is 0 Å². The lowest BCUT2D eigenvalue weighted by Gasteiger charge is -2.07. The molecular weight excluding hydrogens is 350 g/mol. The third kappa shape index (κ3) is 2.85. The molecule has 0 aliphatic heterocycles. The van der Waals surface area contributed by atoms with Gasteiger partial charge in [0.05, 0.1) is 22.2 Å². The van der Waals surface area contributed by atoms with Crippen LogP contribution in [0.2, 0.25) is 0 Å². The number of aromatic carboxylic acids is 1. The molecule has 4 nitrogen and oxygen atoms in total. The first-order valence-corrected chi connectivity index (χ1v) is 8.23. The quantitative estimate of drug-likeness (QED) is 0.526. The smallest absolute Gasteiger partial charge is 0.337 e. The van der Waals surface area contributed by atoms with E-state index in [1.165, 1.54) is 18.2 Å². The lowest BCUT2D eigenvalue weighted by atomic mass is 10.0. The number of aromatic nitrogens is 2. The summed E-state index contributed by atoms with van der Waals surface area (Å²) in [6, 6.07) is 14.8. The topological polar surface area (TPSA) is 66.0 Å². The van der Waals surface area contributed by atoms with Gasteiger partial charge in [0.15, 0.2) is 11.6 Å². The number of nitrogens with zero attached hydrogens (tertiary/aromatic N) is 1. The first-order chi connectivity index (χ1) is 13.0. The van der Waals surface area contributed by atoms with Gasteiger partial charge in [0.1, 0.15) is 5.82 Å². The average Bonchev–Trinajstić information content (AvgIpc) is 3.07. The van der Waals surface area contributed by atoms with Crippen molar-refractivity contribution in [1.82, 2.24) is 9.97 Å². The molecule has 4 aromatic rings. The minimum atomic E-state index is -1.12. The zero-order valence-corrected chi connectivity index (χ0v) is 14.3. The number of hydrogen-bond donors (Lipinski definition) is 2. The maximum atomic E-state index is 14.7. The Hall–Kier alpha value is -3.54. The fourth-order valence-electron chi connectivity index (χ4n) is 3.12. The molecule has 1 heterocycles. The zero-order valence-electron chi connectivity index (χ0n) is 14.3. The van der Waals surface area contributed by atoms with Crippen LogP contribution in [0.3, 0.4) is 0 Å². The minimum Gasteiger partial charge on any atom is -0.478 e. The second-order valence-corrected chi connectivity index (χ2v) is 6.25. The number of carboxylic acids is 1. The summed E-state index contributed by atoms with van der Waals surface area (Å²) in [6.07, 6.45) is 0. The van der Waals surface area contributed by atoms with E-state index in [-0.39, 0.29) is 28.0 Å². The Bertz CT molecular complexity index is 1180. The molecule has 0 amide bonds. The highest BCUT2D eigenvalue weighted by molar-refractivity contribution is 6.02. The zero-order chi connectivity index (χ0) is 19.1. The van der Waals surface area contributed by atoms with Gasteiger partial charge in [-0.15, -0.1) is 0 Å². The van der Waals surface area contributed by atoms with Gasteiger partial charge in [-0.2, -0.15) is 0 Å². The highest BCUT2D eigenvalue weighted by Gasteiger charge is 2.20. The molecule has 0 fully saturated rings. The number of carboxylic acid groups (broad SMARTS) is 1. The largest absolute Gasteiger partial charge is 0.478 e. The number of hydrogen-bond acceptors (Lipinski definition) is 2. The number of aromatic amines is 1. The van der Waals surface area contributed by atoms with Gasteiger partial charge in [-0.25, -0.2) is 18.6 Å². The lowest BCUT2D eigenvalue weighted by Crippen LogP contribution is -1.98. The third-order valence-corrected chi connectivity index (χ3v) is 4.39. The van der Waals surface area contributed by atoms with Crippen LogP contribution in [0.15, 0.2) is 54.6 Å². The van der Waals surface area contributed by atoms with Crippen LogP contribution in [-0.4, -0.2) is 21.0 Å². The van der Waals surface area contributed by atoms with E-state index in [1.54, 1.807) is 43.3 Å². The van der Waals surface area contributed by atoms with Crippen LogP contribution < -0.4 is 0 Å². The number of benzene rings is 3. The van der Waals surface area contributed by atoms with Gasteiger partial charge in [0.25, 0.3) is 0 Å². The standard InChI is InChI=1S/C21H14F2N2O2/c1-11-9-15(21(26)27)19-16(10-11)24-20(25-19)14-8-7-13(17(22)18(14)23)12-5-3-2-4-6-12/h2-10H,1H3,(H,24,25)(H,26,27). The molecule has 1 aromatic heterocycles. The second kappa shape index (κ2) is 6.32. The van der Waals surface area contributed by atoms with Crippen molar-refractivity contribution in [3.05, 3.63) is 77.4 Å². The summed E-state index contributed by atoms with van der Waals surface area (Å²) in [4.78, 5) is 18.5. The van der Waals surface area contributed by atoms with Gasteiger partial charge >= 0.3 is 5.97 Å². The molecule has 0 saturated carbocycles. The Morgan fingerprint density at radius 1 is 1.00 bits per heavy atom. The number of carbonyl (C=O) groups is 1. The van der Waals surface area contributed by atoms with Gasteiger partial charge in [-0.3, -0.25) is 0 Å². The van der Waals surface area contributed by atoms with E-state index in [2.05, 4.69) is 9.97 Å². The summed E-state index contributed by atoms with van der Waals surface area (Å²) in [5.74, 6) is -3.06. The van der Waals surface area contributed by atoms with Crippen LogP contribution in [0.4, 0.5) is 8.78 Å². The van der Waals surface area contributed by atoms with Crippen molar-refractivity contribution in [2.75, 3.05) is 0 Å². The monoisotopic (exact) mass is 364 g/mol. The van der Waals surface area contributed by atoms with E-state index in [0.717, 1.165) is 0 Å². The van der Waals surface area contributed by atoms with Gasteiger partial charge in [0, 0.05) is 5.56 Å². The van der Waals surface area contributed by atoms with Crippen LogP contribution in [0, 0.1) is 18.6 Å². The number of nitrogens with one attached hydrogen (secondary N) is 1. The first-order valence-electron chi connectivity index (χ1n) is 8.23. The number of rotatable bonds is 3. The molecule has 134 valence electrons. The third-order valence-electron chi connectivity index (χ3n) is 4.39. The number of H-pyrrole nitrogens is 1. The number of fused-ring (bicyclic) bond motifs is 1. The van der Waals surface area contributed by atoms with Crippen LogP contribution in [0.25, 0.3) is 33.5 Å². The molecule has 0 bridgehead atoms. The van der Waals surface area contributed by atoms with Crippen molar-refractivity contribution in [3.63, 3.8) is 0 Å². The summed E-state index contributed by atoms with van der Waals surface area (Å²) >= 11 is 0. The van der Waals surface area contributed by atoms with Crippen molar-refractivity contribution in [2.45, 2.75) is 6.92 Å². The Labute approximate surface area is 153 Å². The Morgan fingerprint density at radius 3 is 2.37 bits per heavy atom. The van der Waals surface area contributed by atoms with E-state index in [4.69, 9.17) is 0 Å². The van der Waals surface area contributed by atoms with Gasteiger partial charge < -0.3 is 10.1 Å². The van der Waals surface area contributed by atoms with Crippen molar-refractivity contribution in [3.8, 4) is 22.5 Å². The molecule has 0 unspecified atom stereocenters. The summed E-state index contributed by atoms with van der Waals surface area (Å²) in [7, 11) is 0. The van der Waals surface area contributed by atoms with Crippen molar-refractivity contribution >= 4 is 17.0 Å². The fraction of sp³-hybridized carbons (Fsp3) is 0.0476. The van der Waals surface area contributed by atoms with E-state index >= 15 is 0 Å². The molecule has 2 N–H and O–H groups in total. The Balaban J connectivity index is 1.88. The molecule has 3 aromatic carbocycles. The molecule has 4 rings (SSSR count). The van der Waals surface area contributed by atoms with Gasteiger partial charge in [-0.05, 0) is 36.2 Å². The SMILES string of the molecule is Cc1cc(C(=O)O)c2[nH]c(-c3ccc(-c4ccccc4)c(F)c3F)nc2c1. The molecule has 0 aliphatic rings. The predicted molar refractivity (Wildman–Crippen MR) is 98.6 cm³/mol. The molecule has 0 atom stereocenters. The van der Waals surface area contributed by atoms with Crippen molar-refractivity contribution in [2.24, 2.45) is 0 Å². The van der Waals surface area contributed by atoms with Crippen LogP contribution in [0.1, 0.15) is 15.9 Å². The molecular formula is C21H14F2N2O2. The number of imidazole rings is 1. The predicted octanol–water partition coefficient (Wildman–Crippen LogP) is 5.18. The van der Waals surface area contributed by atoms with Crippen LogP contribution >= 0.6 is 0 Å². The average molecular weight is 364 g/mol. The molecule has 27 heavy (non-hydrogen) atoms. The summed E-state index contributed by atoms with van der Waals surface area (Å²) in [5, 5.41) is 9.37. The molecule has 0 saturated heterocycles. The number of halogens is 2. The van der Waals surface area contributed by atoms with Gasteiger partial charge in [-0.1, -0.05) is 36.4 Å². The summed E-state index contributed by atoms with van der Waals surface area (Å²) in [5.41, 5.74) is 2.06. The first kappa shape index (κ1) is 16.9. The second-order valence-electron chi connectivity index (χ2n) is 6.25. The summed E-state index contributed by atoms with van der Waals surface area (Å²) in [6.45, 7) is 1.75. The molecule has 0 spiro atoms. The van der Waals surface area contributed by atoms with E-state index < -0.39 is 17.6 Å². The molecule has 6 heteroatoms. The summed E-state index contributed by atoms with van der Waals surface area (Å²) < 4.78 is 29.4. The maximum absolute atomic E-state index is 14.7. The van der Waals surface area contributed by atoms with E-state index in [9.17, 15) is 18.7 Å². The lowest BCUT2D eigenvalue weighted by molar-refractivity contribution is 0.0698. The normalized spacial score (nSPS) is 11.1. The molecule has 0 aliphatic carbocycles. The van der Waals surface area contributed by atoms with Crippen molar-refractivity contribution < 1.29 is 18.7 Å². The highest BCUT2D eigenvalue weighted by Crippen LogP contribution is 2.31. The molecule has 0 radical (unpaired) electrons. The van der Waals surface area contributed by atoms with Gasteiger partial charge in [0.2, 0.25) is 0 Å². The Morgan fingerprint density at radius 2 is 1.67 bits per heavy atom. The fourth-order valence-corrected chi connectivity index (χ4v) is 3.12. The maximum Gasteiger partial charge on any atom is 0.337 e. The minimum absolute atomic E-state index is 0.0329. The van der Waals surface area contributed by atoms with Crippen LogP contribution in [-0.2, 0) is 0 Å². The van der Waals surface area contributed by atoms with E-state index in [0.29, 0.717) is 16.6 Å². The number of aryl methyl sites for hydroxylation is 1. The Kier molecular flexibility index (Phi) is 3.96. The highest BCUT2D eigenvalue weighted by atomic mass is 19.2.